The van der Waals surface area contributed by atoms with Gasteiger partial charge in [0.2, 0.25) is 10.0 Å². The van der Waals surface area contributed by atoms with Gasteiger partial charge in [0.05, 0.1) is 11.0 Å². The van der Waals surface area contributed by atoms with Crippen LogP contribution in [0.4, 0.5) is 4.39 Å². The van der Waals surface area contributed by atoms with Crippen molar-refractivity contribution < 1.29 is 17.5 Å². The Bertz CT molecular complexity index is 979. The van der Waals surface area contributed by atoms with Crippen LogP contribution in [0.3, 0.4) is 0 Å². The molecule has 0 saturated carbocycles. The van der Waals surface area contributed by atoms with E-state index in [1.54, 1.807) is 43.4 Å². The van der Waals surface area contributed by atoms with Gasteiger partial charge in [0, 0.05) is 40.3 Å². The lowest BCUT2D eigenvalue weighted by Gasteiger charge is -2.22. The van der Waals surface area contributed by atoms with Crippen molar-refractivity contribution in [3.63, 3.8) is 0 Å². The van der Waals surface area contributed by atoms with Crippen molar-refractivity contribution in [3.8, 4) is 0 Å². The molecule has 7 nitrogen and oxygen atoms in total. The third-order valence-electron chi connectivity index (χ3n) is 5.12. The van der Waals surface area contributed by atoms with Crippen LogP contribution < -0.4 is 10.0 Å². The first-order chi connectivity index (χ1) is 14.9. The van der Waals surface area contributed by atoms with Gasteiger partial charge >= 0.3 is 0 Å². The molecular weight excluding hydrogens is 546 g/mol. The molecule has 1 aliphatic heterocycles. The Balaban J connectivity index is 0.00000363. The molecular formula is C22H30FIN4O3S. The molecule has 1 fully saturated rings. The van der Waals surface area contributed by atoms with E-state index in [0.29, 0.717) is 32.2 Å². The van der Waals surface area contributed by atoms with Crippen molar-refractivity contribution in [1.29, 1.82) is 0 Å². The van der Waals surface area contributed by atoms with Crippen LogP contribution in [0.25, 0.3) is 0 Å². The predicted octanol–water partition coefficient (Wildman–Crippen LogP) is 3.11. The zero-order chi connectivity index (χ0) is 22.3. The maximum atomic E-state index is 13.1. The predicted molar refractivity (Wildman–Crippen MR) is 134 cm³/mol. The van der Waals surface area contributed by atoms with E-state index in [9.17, 15) is 12.8 Å². The van der Waals surface area contributed by atoms with Gasteiger partial charge in [-0.3, -0.25) is 4.99 Å². The third-order valence-corrected chi connectivity index (χ3v) is 6.56. The summed E-state index contributed by atoms with van der Waals surface area (Å²) in [5, 5.41) is 3.26. The van der Waals surface area contributed by atoms with Crippen LogP contribution >= 0.6 is 24.0 Å². The summed E-state index contributed by atoms with van der Waals surface area (Å²) in [5.74, 6) is 0.417. The smallest absolute Gasteiger partial charge is 0.240 e. The van der Waals surface area contributed by atoms with Gasteiger partial charge in [-0.05, 0) is 48.2 Å². The molecule has 176 valence electrons. The number of rotatable bonds is 8. The minimum absolute atomic E-state index is 0. The molecule has 1 heterocycles. The number of aliphatic imine (C=N–C) groups is 1. The Morgan fingerprint density at radius 2 is 1.81 bits per heavy atom. The number of benzene rings is 2. The molecule has 2 N–H and O–H groups in total. The number of hydrogen-bond acceptors (Lipinski definition) is 4. The summed E-state index contributed by atoms with van der Waals surface area (Å²) < 4.78 is 46.1. The van der Waals surface area contributed by atoms with Gasteiger partial charge in [0.25, 0.3) is 0 Å². The molecule has 0 bridgehead atoms. The minimum Gasteiger partial charge on any atom is -0.377 e. The highest BCUT2D eigenvalue weighted by Gasteiger charge is 2.20. The largest absolute Gasteiger partial charge is 0.377 e. The van der Waals surface area contributed by atoms with Crippen molar-refractivity contribution in [2.24, 2.45) is 4.99 Å². The first kappa shape index (κ1) is 26.5. The van der Waals surface area contributed by atoms with Crippen LogP contribution in [0.2, 0.25) is 0 Å². The molecule has 3 rings (SSSR count). The molecule has 1 unspecified atom stereocenters. The Kier molecular flexibility index (Phi) is 10.3. The Labute approximate surface area is 206 Å². The highest BCUT2D eigenvalue weighted by atomic mass is 127. The van der Waals surface area contributed by atoms with Crippen LogP contribution in [0.5, 0.6) is 0 Å². The van der Waals surface area contributed by atoms with Crippen LogP contribution in [-0.4, -0.2) is 52.6 Å². The van der Waals surface area contributed by atoms with Gasteiger partial charge in [-0.1, -0.05) is 24.3 Å². The van der Waals surface area contributed by atoms with E-state index in [0.717, 1.165) is 24.0 Å². The fourth-order valence-electron chi connectivity index (χ4n) is 3.38. The quantitative estimate of drug-likeness (QED) is 0.287. The topological polar surface area (TPSA) is 83.0 Å². The molecule has 32 heavy (non-hydrogen) atoms. The van der Waals surface area contributed by atoms with Gasteiger partial charge in [-0.15, -0.1) is 24.0 Å². The van der Waals surface area contributed by atoms with E-state index in [4.69, 9.17) is 4.74 Å². The van der Waals surface area contributed by atoms with Crippen molar-refractivity contribution in [1.82, 2.24) is 14.9 Å². The monoisotopic (exact) mass is 576 g/mol. The first-order valence-corrected chi connectivity index (χ1v) is 11.7. The van der Waals surface area contributed by atoms with Crippen LogP contribution in [-0.2, 0) is 27.8 Å². The lowest BCUT2D eigenvalue weighted by Crippen LogP contribution is -2.38. The Morgan fingerprint density at radius 1 is 1.16 bits per heavy atom. The van der Waals surface area contributed by atoms with Crippen molar-refractivity contribution >= 4 is 40.0 Å². The van der Waals surface area contributed by atoms with Crippen molar-refractivity contribution in [2.45, 2.75) is 36.9 Å². The van der Waals surface area contributed by atoms with Crippen molar-refractivity contribution in [3.05, 3.63) is 65.5 Å². The molecule has 0 radical (unpaired) electrons. The molecule has 10 heteroatoms. The number of hydrogen-bond donors (Lipinski definition) is 2. The fourth-order valence-corrected chi connectivity index (χ4v) is 4.45. The van der Waals surface area contributed by atoms with Gasteiger partial charge in [0.15, 0.2) is 5.96 Å². The average molecular weight is 576 g/mol. The number of sulfonamides is 1. The SMILES string of the molecule is CN=C(NCc1ccc(S(=O)(=O)NCC2CCCO2)cc1)N(C)Cc1ccc(F)cc1.I. The average Bonchev–Trinajstić information content (AvgIpc) is 3.29. The van der Waals surface area contributed by atoms with Crippen LogP contribution in [0.15, 0.2) is 58.4 Å². The van der Waals surface area contributed by atoms with E-state index in [-0.39, 0.29) is 40.8 Å². The second kappa shape index (κ2) is 12.5. The Hall–Kier alpha value is -1.76. The van der Waals surface area contributed by atoms with Gasteiger partial charge in [-0.2, -0.15) is 0 Å². The van der Waals surface area contributed by atoms with Crippen LogP contribution in [0, 0.1) is 5.82 Å². The maximum absolute atomic E-state index is 13.1. The highest BCUT2D eigenvalue weighted by molar-refractivity contribution is 14.0. The molecule has 0 aliphatic carbocycles. The zero-order valence-corrected chi connectivity index (χ0v) is 21.4. The molecule has 0 spiro atoms. The van der Waals surface area contributed by atoms with Gasteiger partial charge < -0.3 is 15.0 Å². The molecule has 0 aromatic heterocycles. The summed E-state index contributed by atoms with van der Waals surface area (Å²) in [6.07, 6.45) is 1.80. The number of guanidine groups is 1. The van der Waals surface area contributed by atoms with Crippen LogP contribution in [0.1, 0.15) is 24.0 Å². The molecule has 2 aromatic rings. The third kappa shape index (κ3) is 7.68. The minimum atomic E-state index is -3.56. The maximum Gasteiger partial charge on any atom is 0.240 e. The summed E-state index contributed by atoms with van der Waals surface area (Å²) in [6.45, 7) is 2.05. The second-order valence-electron chi connectivity index (χ2n) is 7.51. The number of nitrogens with zero attached hydrogens (tertiary/aromatic N) is 2. The van der Waals surface area contributed by atoms with E-state index in [1.165, 1.54) is 12.1 Å². The standard InChI is InChI=1S/C22H29FN4O3S.HI/c1-24-22(27(2)16-18-5-9-19(23)10-6-18)25-14-17-7-11-21(12-8-17)31(28,29)26-15-20-4-3-13-30-20;/h5-12,20,26H,3-4,13-16H2,1-2H3,(H,24,25);1H. The number of ether oxygens (including phenoxy) is 1. The molecule has 1 atom stereocenters. The van der Waals surface area contributed by atoms with Gasteiger partial charge in [-0.25, -0.2) is 17.5 Å². The first-order valence-electron chi connectivity index (χ1n) is 10.2. The lowest BCUT2D eigenvalue weighted by atomic mass is 10.2. The fraction of sp³-hybridized carbons (Fsp3) is 0.409. The summed E-state index contributed by atoms with van der Waals surface area (Å²) in [4.78, 5) is 6.44. The molecule has 1 saturated heterocycles. The number of halogens is 2. The Morgan fingerprint density at radius 3 is 2.41 bits per heavy atom. The van der Waals surface area contributed by atoms with E-state index >= 15 is 0 Å². The van der Waals surface area contributed by atoms with E-state index in [1.807, 2.05) is 11.9 Å². The normalized spacial score (nSPS) is 16.5. The second-order valence-corrected chi connectivity index (χ2v) is 9.28. The summed E-state index contributed by atoms with van der Waals surface area (Å²) in [6, 6.07) is 13.1. The molecule has 1 aliphatic rings. The van der Waals surface area contributed by atoms with Gasteiger partial charge in [0.1, 0.15) is 5.82 Å². The highest BCUT2D eigenvalue weighted by Crippen LogP contribution is 2.14. The van der Waals surface area contributed by atoms with E-state index in [2.05, 4.69) is 15.0 Å². The van der Waals surface area contributed by atoms with Crippen molar-refractivity contribution in [2.75, 3.05) is 27.2 Å². The number of nitrogens with one attached hydrogen (secondary N) is 2. The molecule has 0 amide bonds. The summed E-state index contributed by atoms with van der Waals surface area (Å²) >= 11 is 0. The van der Waals surface area contributed by atoms with E-state index < -0.39 is 10.0 Å². The molecule has 2 aromatic carbocycles. The lowest BCUT2D eigenvalue weighted by molar-refractivity contribution is 0.114. The zero-order valence-electron chi connectivity index (χ0n) is 18.3. The summed E-state index contributed by atoms with van der Waals surface area (Å²) in [7, 11) is 0.0296. The summed E-state index contributed by atoms with van der Waals surface area (Å²) in [5.41, 5.74) is 1.89.